The Morgan fingerprint density at radius 3 is 2.93 bits per heavy atom. The van der Waals surface area contributed by atoms with Gasteiger partial charge in [-0.05, 0) is 18.6 Å². The maximum Gasteiger partial charge on any atom is 0.147 e. The smallest absolute Gasteiger partial charge is 0.147 e. The number of hydrogen-bond donors (Lipinski definition) is 0. The van der Waals surface area contributed by atoms with E-state index in [1.165, 1.54) is 4.88 Å². The average molecular weight is 262 g/mol. The second-order valence-electron chi connectivity index (χ2n) is 3.03. The molecule has 80 valence electrons. The Labute approximate surface area is 102 Å². The molecule has 0 aromatic carbocycles. The predicted molar refractivity (Wildman–Crippen MR) is 62.6 cm³/mol. The Morgan fingerprint density at radius 2 is 2.27 bits per heavy atom. The molecule has 0 radical (unpaired) electrons. The van der Waals surface area contributed by atoms with E-state index in [1.807, 2.05) is 16.7 Å². The normalized spacial score (nSPS) is 10.8. The van der Waals surface area contributed by atoms with E-state index in [0.717, 1.165) is 23.1 Å². The molecule has 15 heavy (non-hydrogen) atoms. The first kappa shape index (κ1) is 10.9. The molecule has 3 nitrogen and oxygen atoms in total. The molecule has 0 unspecified atom stereocenters. The van der Waals surface area contributed by atoms with Crippen LogP contribution in [0.4, 0.5) is 0 Å². The fraction of sp³-hybridized carbons (Fsp3) is 0.333. The van der Waals surface area contributed by atoms with Crippen molar-refractivity contribution in [2.24, 2.45) is 0 Å². The van der Waals surface area contributed by atoms with E-state index >= 15 is 0 Å². The van der Waals surface area contributed by atoms with Gasteiger partial charge in [-0.25, -0.2) is 0 Å². The fourth-order valence-corrected chi connectivity index (χ4v) is 2.57. The van der Waals surface area contributed by atoms with Crippen LogP contribution < -0.4 is 0 Å². The van der Waals surface area contributed by atoms with Crippen LogP contribution in [0.3, 0.4) is 0 Å². The molecule has 2 aromatic rings. The lowest BCUT2D eigenvalue weighted by molar-refractivity contribution is 0.673. The van der Waals surface area contributed by atoms with Gasteiger partial charge in [0.25, 0.3) is 0 Å². The highest BCUT2D eigenvalue weighted by molar-refractivity contribution is 7.16. The van der Waals surface area contributed by atoms with E-state index in [0.29, 0.717) is 5.88 Å². The minimum Gasteiger partial charge on any atom is -0.316 e. The van der Waals surface area contributed by atoms with Crippen LogP contribution in [0.25, 0.3) is 0 Å². The Bertz CT molecular complexity index is 438. The number of rotatable bonds is 4. The fourth-order valence-electron chi connectivity index (χ4n) is 1.29. The summed E-state index contributed by atoms with van der Waals surface area (Å²) in [6.07, 6.45) is 2.63. The zero-order valence-corrected chi connectivity index (χ0v) is 10.2. The van der Waals surface area contributed by atoms with Gasteiger partial charge in [-0.3, -0.25) is 0 Å². The van der Waals surface area contributed by atoms with E-state index in [9.17, 15) is 0 Å². The van der Waals surface area contributed by atoms with Gasteiger partial charge in [0, 0.05) is 11.4 Å². The Balaban J connectivity index is 1.98. The Kier molecular flexibility index (Phi) is 3.61. The van der Waals surface area contributed by atoms with E-state index in [-0.39, 0.29) is 0 Å². The van der Waals surface area contributed by atoms with E-state index in [4.69, 9.17) is 23.2 Å². The van der Waals surface area contributed by atoms with E-state index in [1.54, 1.807) is 17.7 Å². The molecular formula is C9H9Cl2N3S. The van der Waals surface area contributed by atoms with Crippen molar-refractivity contribution in [2.75, 3.05) is 0 Å². The van der Waals surface area contributed by atoms with Crippen LogP contribution in [0.2, 0.25) is 4.34 Å². The third-order valence-electron chi connectivity index (χ3n) is 2.04. The summed E-state index contributed by atoms with van der Waals surface area (Å²) in [5, 5.41) is 7.73. The summed E-state index contributed by atoms with van der Waals surface area (Å²) in [5.74, 6) is 1.20. The molecule has 0 N–H and O–H groups in total. The predicted octanol–water partition coefficient (Wildman–Crippen LogP) is 2.97. The molecule has 0 atom stereocenters. The van der Waals surface area contributed by atoms with Crippen LogP contribution in [0.5, 0.6) is 0 Å². The van der Waals surface area contributed by atoms with Crippen LogP contribution in [0.1, 0.15) is 10.7 Å². The lowest BCUT2D eigenvalue weighted by Crippen LogP contribution is -2.03. The lowest BCUT2D eigenvalue weighted by atomic mass is 10.3. The topological polar surface area (TPSA) is 30.7 Å². The van der Waals surface area contributed by atoms with E-state index in [2.05, 4.69) is 10.2 Å². The highest BCUT2D eigenvalue weighted by Gasteiger charge is 2.03. The number of aryl methyl sites for hydroxylation is 2. The van der Waals surface area contributed by atoms with Crippen molar-refractivity contribution in [3.8, 4) is 0 Å². The number of thiophene rings is 1. The number of halogens is 2. The maximum absolute atomic E-state index is 5.85. The van der Waals surface area contributed by atoms with Crippen molar-refractivity contribution in [3.05, 3.63) is 33.5 Å². The molecule has 6 heteroatoms. The first-order valence-corrected chi connectivity index (χ1v) is 6.19. The minimum absolute atomic E-state index is 0.394. The third-order valence-corrected chi connectivity index (χ3v) is 3.57. The maximum atomic E-state index is 5.85. The second-order valence-corrected chi connectivity index (χ2v) is 5.10. The lowest BCUT2D eigenvalue weighted by Gasteiger charge is -2.02. The minimum atomic E-state index is 0.394. The largest absolute Gasteiger partial charge is 0.316 e. The molecule has 0 amide bonds. The van der Waals surface area contributed by atoms with Gasteiger partial charge < -0.3 is 4.57 Å². The molecule has 0 spiro atoms. The van der Waals surface area contributed by atoms with Crippen LogP contribution in [-0.2, 0) is 18.8 Å². The third kappa shape index (κ3) is 2.71. The van der Waals surface area contributed by atoms with E-state index < -0.39 is 0 Å². The van der Waals surface area contributed by atoms with Gasteiger partial charge in [0.1, 0.15) is 12.2 Å². The van der Waals surface area contributed by atoms with Crippen LogP contribution in [0, 0.1) is 0 Å². The summed E-state index contributed by atoms with van der Waals surface area (Å²) >= 11 is 13.2. The summed E-state index contributed by atoms with van der Waals surface area (Å²) in [4.78, 5) is 1.26. The molecule has 0 aliphatic heterocycles. The van der Waals surface area contributed by atoms with Crippen molar-refractivity contribution >= 4 is 34.5 Å². The summed E-state index contributed by atoms with van der Waals surface area (Å²) in [6, 6.07) is 3.95. The van der Waals surface area contributed by atoms with Crippen molar-refractivity contribution in [2.45, 2.75) is 18.8 Å². The highest BCUT2D eigenvalue weighted by Crippen LogP contribution is 2.22. The number of nitrogens with zero attached hydrogens (tertiary/aromatic N) is 3. The van der Waals surface area contributed by atoms with Crippen molar-refractivity contribution in [3.63, 3.8) is 0 Å². The molecule has 0 aliphatic carbocycles. The van der Waals surface area contributed by atoms with Gasteiger partial charge in [-0.1, -0.05) is 11.6 Å². The standard InChI is InChI=1S/C9H9Cl2N3S/c10-5-9-13-12-6-14(9)4-3-7-1-2-8(11)15-7/h1-2,6H,3-5H2. The molecule has 2 heterocycles. The number of hydrogen-bond acceptors (Lipinski definition) is 3. The first-order chi connectivity index (χ1) is 7.29. The summed E-state index contributed by atoms with van der Waals surface area (Å²) in [7, 11) is 0. The number of alkyl halides is 1. The quantitative estimate of drug-likeness (QED) is 0.793. The second kappa shape index (κ2) is 4.96. The van der Waals surface area contributed by atoms with Crippen molar-refractivity contribution in [1.29, 1.82) is 0 Å². The molecule has 0 saturated heterocycles. The number of aromatic nitrogens is 3. The SMILES string of the molecule is ClCc1nncn1CCc1ccc(Cl)s1. The molecule has 0 bridgehead atoms. The van der Waals surface area contributed by atoms with Crippen molar-refractivity contribution in [1.82, 2.24) is 14.8 Å². The van der Waals surface area contributed by atoms with Crippen molar-refractivity contribution < 1.29 is 0 Å². The molecule has 0 fully saturated rings. The van der Waals surface area contributed by atoms with Gasteiger partial charge in [0.15, 0.2) is 0 Å². The summed E-state index contributed by atoms with van der Waals surface area (Å²) < 4.78 is 2.78. The molecule has 0 aliphatic rings. The van der Waals surface area contributed by atoms with Gasteiger partial charge >= 0.3 is 0 Å². The summed E-state index contributed by atoms with van der Waals surface area (Å²) in [6.45, 7) is 0.839. The van der Waals surface area contributed by atoms with Crippen LogP contribution >= 0.6 is 34.5 Å². The Hall–Kier alpha value is -0.580. The first-order valence-electron chi connectivity index (χ1n) is 4.46. The zero-order valence-electron chi connectivity index (χ0n) is 7.86. The Morgan fingerprint density at radius 1 is 1.40 bits per heavy atom. The van der Waals surface area contributed by atoms with Gasteiger partial charge in [-0.15, -0.1) is 33.1 Å². The van der Waals surface area contributed by atoms with Gasteiger partial charge in [0.2, 0.25) is 0 Å². The van der Waals surface area contributed by atoms with Gasteiger partial charge in [-0.2, -0.15) is 0 Å². The summed E-state index contributed by atoms with van der Waals surface area (Å²) in [5.41, 5.74) is 0. The van der Waals surface area contributed by atoms with Crippen LogP contribution in [-0.4, -0.2) is 14.8 Å². The molecular weight excluding hydrogens is 253 g/mol. The van der Waals surface area contributed by atoms with Crippen LogP contribution in [0.15, 0.2) is 18.5 Å². The monoisotopic (exact) mass is 261 g/mol. The molecule has 2 aromatic heterocycles. The molecule has 2 rings (SSSR count). The highest BCUT2D eigenvalue weighted by atomic mass is 35.5. The average Bonchev–Trinajstić information content (AvgIpc) is 2.83. The van der Waals surface area contributed by atoms with Gasteiger partial charge in [0.05, 0.1) is 10.2 Å². The molecule has 0 saturated carbocycles. The zero-order chi connectivity index (χ0) is 10.7.